The number of nitrogens with one attached hydrogen (secondary N) is 1. The molecule has 0 saturated heterocycles. The predicted molar refractivity (Wildman–Crippen MR) is 71.5 cm³/mol. The van der Waals surface area contributed by atoms with Crippen molar-refractivity contribution in [1.82, 2.24) is 9.97 Å². The second-order valence-electron chi connectivity index (χ2n) is 5.43. The van der Waals surface area contributed by atoms with Crippen molar-refractivity contribution in [1.29, 1.82) is 0 Å². The summed E-state index contributed by atoms with van der Waals surface area (Å²) in [5.41, 5.74) is 2.41. The molecule has 2 rings (SSSR count). The molecule has 0 amide bonds. The van der Waals surface area contributed by atoms with Crippen LogP contribution >= 0.6 is 0 Å². The van der Waals surface area contributed by atoms with Crippen molar-refractivity contribution in [2.75, 3.05) is 11.9 Å². The van der Waals surface area contributed by atoms with E-state index in [1.165, 1.54) is 12.0 Å². The Morgan fingerprint density at radius 2 is 2.00 bits per heavy atom. The van der Waals surface area contributed by atoms with Gasteiger partial charge in [0.25, 0.3) is 0 Å². The standard InChI is InChI=1S/C14H23N3/c1-6-15-14-12(8(2)3)10(5)16-13(17-14)11-7-9(11)4/h8-9,11H,6-7H2,1-5H3,(H,15,16,17). The third-order valence-corrected chi connectivity index (χ3v) is 3.52. The maximum atomic E-state index is 4.73. The average Bonchev–Trinajstić information content (AvgIpc) is 2.94. The molecule has 1 aromatic heterocycles. The molecule has 0 spiro atoms. The lowest BCUT2D eigenvalue weighted by molar-refractivity contribution is 0.785. The van der Waals surface area contributed by atoms with E-state index in [0.717, 1.165) is 29.8 Å². The highest BCUT2D eigenvalue weighted by Crippen LogP contribution is 2.46. The normalized spacial score (nSPS) is 22.9. The first-order valence-corrected chi connectivity index (χ1v) is 6.66. The highest BCUT2D eigenvalue weighted by atomic mass is 15.0. The number of nitrogens with zero attached hydrogens (tertiary/aromatic N) is 2. The molecule has 1 aliphatic rings. The predicted octanol–water partition coefficient (Wildman–Crippen LogP) is 3.46. The van der Waals surface area contributed by atoms with E-state index in [9.17, 15) is 0 Å². The molecule has 3 nitrogen and oxygen atoms in total. The number of hydrogen-bond acceptors (Lipinski definition) is 3. The SMILES string of the molecule is CCNc1nc(C2CC2C)nc(C)c1C(C)C. The number of aromatic nitrogens is 2. The van der Waals surface area contributed by atoms with E-state index in [1.54, 1.807) is 0 Å². The first kappa shape index (κ1) is 12.3. The lowest BCUT2D eigenvalue weighted by atomic mass is 10.0. The largest absolute Gasteiger partial charge is 0.370 e. The minimum absolute atomic E-state index is 0.467. The molecule has 0 aliphatic heterocycles. The van der Waals surface area contributed by atoms with E-state index in [-0.39, 0.29) is 0 Å². The number of anilines is 1. The van der Waals surface area contributed by atoms with Crippen LogP contribution < -0.4 is 5.32 Å². The Kier molecular flexibility index (Phi) is 3.36. The fourth-order valence-electron chi connectivity index (χ4n) is 2.44. The Hall–Kier alpha value is -1.12. The van der Waals surface area contributed by atoms with Crippen LogP contribution in [0.1, 0.15) is 63.0 Å². The van der Waals surface area contributed by atoms with Crippen LogP contribution in [-0.4, -0.2) is 16.5 Å². The van der Waals surface area contributed by atoms with Crippen molar-refractivity contribution in [3.8, 4) is 0 Å². The van der Waals surface area contributed by atoms with Gasteiger partial charge in [-0.25, -0.2) is 9.97 Å². The highest BCUT2D eigenvalue weighted by Gasteiger charge is 2.37. The van der Waals surface area contributed by atoms with Gasteiger partial charge >= 0.3 is 0 Å². The van der Waals surface area contributed by atoms with E-state index >= 15 is 0 Å². The smallest absolute Gasteiger partial charge is 0.134 e. The minimum Gasteiger partial charge on any atom is -0.370 e. The van der Waals surface area contributed by atoms with E-state index in [1.807, 2.05) is 0 Å². The molecule has 2 atom stereocenters. The lowest BCUT2D eigenvalue weighted by Gasteiger charge is -2.16. The monoisotopic (exact) mass is 233 g/mol. The van der Waals surface area contributed by atoms with Gasteiger partial charge in [-0.3, -0.25) is 0 Å². The Balaban J connectivity index is 2.40. The summed E-state index contributed by atoms with van der Waals surface area (Å²) in [5.74, 6) is 3.90. The zero-order chi connectivity index (χ0) is 12.6. The number of aryl methyl sites for hydroxylation is 1. The minimum atomic E-state index is 0.467. The number of rotatable bonds is 4. The third-order valence-electron chi connectivity index (χ3n) is 3.52. The molecular weight excluding hydrogens is 210 g/mol. The van der Waals surface area contributed by atoms with Gasteiger partial charge in [-0.15, -0.1) is 0 Å². The summed E-state index contributed by atoms with van der Waals surface area (Å²) in [6, 6.07) is 0. The molecule has 1 aliphatic carbocycles. The van der Waals surface area contributed by atoms with Gasteiger partial charge in [0.15, 0.2) is 0 Å². The molecule has 0 bridgehead atoms. The van der Waals surface area contributed by atoms with Crippen LogP contribution in [-0.2, 0) is 0 Å². The summed E-state index contributed by atoms with van der Waals surface area (Å²) in [4.78, 5) is 9.43. The molecule has 1 aromatic rings. The maximum absolute atomic E-state index is 4.73. The summed E-state index contributed by atoms with van der Waals surface area (Å²) in [6.07, 6.45) is 1.24. The Labute approximate surface area is 104 Å². The summed E-state index contributed by atoms with van der Waals surface area (Å²) < 4.78 is 0. The molecular formula is C14H23N3. The topological polar surface area (TPSA) is 37.8 Å². The van der Waals surface area contributed by atoms with E-state index < -0.39 is 0 Å². The Morgan fingerprint density at radius 1 is 1.35 bits per heavy atom. The summed E-state index contributed by atoms with van der Waals surface area (Å²) in [5, 5.41) is 3.39. The maximum Gasteiger partial charge on any atom is 0.134 e. The van der Waals surface area contributed by atoms with Gasteiger partial charge < -0.3 is 5.32 Å². The fraction of sp³-hybridized carbons (Fsp3) is 0.714. The second-order valence-corrected chi connectivity index (χ2v) is 5.43. The summed E-state index contributed by atoms with van der Waals surface area (Å²) >= 11 is 0. The molecule has 1 fully saturated rings. The molecule has 1 saturated carbocycles. The van der Waals surface area contributed by atoms with Gasteiger partial charge in [0, 0.05) is 23.7 Å². The first-order valence-electron chi connectivity index (χ1n) is 6.66. The van der Waals surface area contributed by atoms with Gasteiger partial charge in [0.1, 0.15) is 11.6 Å². The van der Waals surface area contributed by atoms with Crippen molar-refractivity contribution in [3.05, 3.63) is 17.1 Å². The summed E-state index contributed by atoms with van der Waals surface area (Å²) in [7, 11) is 0. The Morgan fingerprint density at radius 3 is 2.47 bits per heavy atom. The lowest BCUT2D eigenvalue weighted by Crippen LogP contribution is -2.10. The van der Waals surface area contributed by atoms with E-state index in [4.69, 9.17) is 9.97 Å². The third kappa shape index (κ3) is 2.43. The fourth-order valence-corrected chi connectivity index (χ4v) is 2.44. The molecule has 17 heavy (non-hydrogen) atoms. The molecule has 94 valence electrons. The van der Waals surface area contributed by atoms with Crippen molar-refractivity contribution in [3.63, 3.8) is 0 Å². The van der Waals surface area contributed by atoms with Crippen molar-refractivity contribution in [2.45, 2.75) is 52.9 Å². The molecule has 0 aromatic carbocycles. The molecule has 3 heteroatoms. The first-order chi connectivity index (χ1) is 8.04. The van der Waals surface area contributed by atoms with Crippen LogP contribution in [0.2, 0.25) is 0 Å². The van der Waals surface area contributed by atoms with Crippen LogP contribution in [0.15, 0.2) is 0 Å². The molecule has 0 radical (unpaired) electrons. The van der Waals surface area contributed by atoms with Crippen LogP contribution in [0.4, 0.5) is 5.82 Å². The average molecular weight is 233 g/mol. The van der Waals surface area contributed by atoms with Gasteiger partial charge in [-0.2, -0.15) is 0 Å². The van der Waals surface area contributed by atoms with E-state index in [2.05, 4.69) is 39.9 Å². The molecule has 1 heterocycles. The second kappa shape index (κ2) is 4.63. The van der Waals surface area contributed by atoms with Crippen molar-refractivity contribution in [2.24, 2.45) is 5.92 Å². The van der Waals surface area contributed by atoms with E-state index in [0.29, 0.717) is 11.8 Å². The summed E-state index contributed by atoms with van der Waals surface area (Å²) in [6.45, 7) is 11.8. The van der Waals surface area contributed by atoms with Crippen LogP contribution in [0, 0.1) is 12.8 Å². The quantitative estimate of drug-likeness (QED) is 0.865. The highest BCUT2D eigenvalue weighted by molar-refractivity contribution is 5.48. The zero-order valence-corrected chi connectivity index (χ0v) is 11.5. The van der Waals surface area contributed by atoms with Crippen LogP contribution in [0.3, 0.4) is 0 Å². The van der Waals surface area contributed by atoms with Gasteiger partial charge in [0.2, 0.25) is 0 Å². The van der Waals surface area contributed by atoms with Crippen LogP contribution in [0.5, 0.6) is 0 Å². The van der Waals surface area contributed by atoms with Gasteiger partial charge in [-0.1, -0.05) is 20.8 Å². The van der Waals surface area contributed by atoms with Crippen molar-refractivity contribution >= 4 is 5.82 Å². The zero-order valence-electron chi connectivity index (χ0n) is 11.5. The van der Waals surface area contributed by atoms with Gasteiger partial charge in [0.05, 0.1) is 0 Å². The molecule has 2 unspecified atom stereocenters. The van der Waals surface area contributed by atoms with Gasteiger partial charge in [-0.05, 0) is 32.1 Å². The van der Waals surface area contributed by atoms with Crippen LogP contribution in [0.25, 0.3) is 0 Å². The van der Waals surface area contributed by atoms with Crippen molar-refractivity contribution < 1.29 is 0 Å². The number of hydrogen-bond donors (Lipinski definition) is 1. The Bertz CT molecular complexity index is 412. The molecule has 1 N–H and O–H groups in total.